The Morgan fingerprint density at radius 3 is 2.32 bits per heavy atom. The summed E-state index contributed by atoms with van der Waals surface area (Å²) in [5.74, 6) is 1.29. The van der Waals surface area contributed by atoms with Crippen molar-refractivity contribution in [2.75, 3.05) is 27.3 Å². The molecule has 25 heavy (non-hydrogen) atoms. The molecule has 0 spiro atoms. The molecule has 1 aliphatic heterocycles. The minimum Gasteiger partial charge on any atom is -0.493 e. The molecule has 0 fully saturated rings. The Labute approximate surface area is 149 Å². The minimum absolute atomic E-state index is 0.0177. The molecule has 1 aliphatic rings. The number of hydrogen-bond donors (Lipinski definition) is 0. The molecule has 1 atom stereocenters. The summed E-state index contributed by atoms with van der Waals surface area (Å²) in [4.78, 5) is 28.0. The summed E-state index contributed by atoms with van der Waals surface area (Å²) in [6, 6.07) is 3.98. The number of methoxy groups -OCH3 is 2. The van der Waals surface area contributed by atoms with Gasteiger partial charge in [-0.3, -0.25) is 9.59 Å². The lowest BCUT2D eigenvalue weighted by Crippen LogP contribution is -2.47. The van der Waals surface area contributed by atoms with Crippen LogP contribution in [0.3, 0.4) is 0 Å². The van der Waals surface area contributed by atoms with Crippen molar-refractivity contribution in [3.05, 3.63) is 23.3 Å². The first-order chi connectivity index (χ1) is 11.9. The summed E-state index contributed by atoms with van der Waals surface area (Å²) >= 11 is 0. The summed E-state index contributed by atoms with van der Waals surface area (Å²) in [7, 11) is 3.22. The normalized spacial score (nSPS) is 14.5. The molecule has 0 aliphatic carbocycles. The van der Waals surface area contributed by atoms with E-state index in [1.807, 2.05) is 30.9 Å². The van der Waals surface area contributed by atoms with E-state index in [1.54, 1.807) is 19.1 Å². The van der Waals surface area contributed by atoms with Gasteiger partial charge >= 0.3 is 0 Å². The molecule has 0 aromatic heterocycles. The van der Waals surface area contributed by atoms with Crippen molar-refractivity contribution in [1.29, 1.82) is 0 Å². The van der Waals surface area contributed by atoms with E-state index in [-0.39, 0.29) is 24.4 Å². The summed E-state index contributed by atoms with van der Waals surface area (Å²) in [6.45, 7) is 6.81. The molecule has 1 unspecified atom stereocenters. The average molecular weight is 348 g/mol. The van der Waals surface area contributed by atoms with Crippen molar-refractivity contribution < 1.29 is 19.1 Å². The van der Waals surface area contributed by atoms with Crippen molar-refractivity contribution in [3.8, 4) is 11.5 Å². The van der Waals surface area contributed by atoms with Crippen LogP contribution in [-0.2, 0) is 22.6 Å². The molecule has 0 bridgehead atoms. The molecule has 0 N–H and O–H groups in total. The SMILES string of the molecule is CCC(C)N(CC(=O)N1CCc2cc(OC)c(OC)cc2C1)C(C)=O. The Hall–Kier alpha value is -2.24. The van der Waals surface area contributed by atoms with Crippen molar-refractivity contribution in [2.24, 2.45) is 0 Å². The standard InChI is InChI=1S/C19H28N2O4/c1-6-13(2)21(14(3)22)12-19(23)20-8-7-15-9-17(24-4)18(25-5)10-16(15)11-20/h9-10,13H,6-8,11-12H2,1-5H3. The molecule has 0 saturated heterocycles. The van der Waals surface area contributed by atoms with Crippen molar-refractivity contribution in [3.63, 3.8) is 0 Å². The van der Waals surface area contributed by atoms with Gasteiger partial charge in [-0.2, -0.15) is 0 Å². The second kappa shape index (κ2) is 8.23. The number of carbonyl (C=O) groups excluding carboxylic acids is 2. The summed E-state index contributed by atoms with van der Waals surface area (Å²) < 4.78 is 10.7. The smallest absolute Gasteiger partial charge is 0.242 e. The van der Waals surface area contributed by atoms with E-state index in [9.17, 15) is 9.59 Å². The van der Waals surface area contributed by atoms with Gasteiger partial charge in [-0.15, -0.1) is 0 Å². The van der Waals surface area contributed by atoms with Gasteiger partial charge in [0.15, 0.2) is 11.5 Å². The van der Waals surface area contributed by atoms with E-state index in [0.717, 1.165) is 18.4 Å². The highest BCUT2D eigenvalue weighted by molar-refractivity contribution is 5.84. The van der Waals surface area contributed by atoms with Crippen LogP contribution in [0, 0.1) is 0 Å². The highest BCUT2D eigenvalue weighted by Gasteiger charge is 2.26. The number of carbonyl (C=O) groups is 2. The first-order valence-corrected chi connectivity index (χ1v) is 8.70. The summed E-state index contributed by atoms with van der Waals surface area (Å²) in [5, 5.41) is 0. The zero-order chi connectivity index (χ0) is 18.6. The van der Waals surface area contributed by atoms with Gasteiger partial charge in [0.05, 0.1) is 20.8 Å². The van der Waals surface area contributed by atoms with Crippen LogP contribution in [0.15, 0.2) is 12.1 Å². The quantitative estimate of drug-likeness (QED) is 0.791. The van der Waals surface area contributed by atoms with Gasteiger partial charge in [-0.1, -0.05) is 6.92 Å². The van der Waals surface area contributed by atoms with E-state index in [1.165, 1.54) is 12.5 Å². The molecular weight excluding hydrogens is 320 g/mol. The lowest BCUT2D eigenvalue weighted by atomic mass is 9.98. The average Bonchev–Trinajstić information content (AvgIpc) is 2.63. The Bertz CT molecular complexity index is 645. The van der Waals surface area contributed by atoms with Gasteiger partial charge in [0.25, 0.3) is 0 Å². The molecule has 1 aromatic rings. The molecule has 0 radical (unpaired) electrons. The Morgan fingerprint density at radius 2 is 1.80 bits per heavy atom. The largest absolute Gasteiger partial charge is 0.493 e. The van der Waals surface area contributed by atoms with E-state index < -0.39 is 0 Å². The number of fused-ring (bicyclic) bond motifs is 1. The fraction of sp³-hybridized carbons (Fsp3) is 0.579. The lowest BCUT2D eigenvalue weighted by molar-refractivity contribution is -0.141. The molecule has 6 heteroatoms. The Balaban J connectivity index is 2.13. The van der Waals surface area contributed by atoms with Gasteiger partial charge in [0.1, 0.15) is 0 Å². The number of hydrogen-bond acceptors (Lipinski definition) is 4. The first-order valence-electron chi connectivity index (χ1n) is 8.70. The number of nitrogens with zero attached hydrogens (tertiary/aromatic N) is 2. The fourth-order valence-electron chi connectivity index (χ4n) is 3.14. The zero-order valence-corrected chi connectivity index (χ0v) is 15.8. The molecule has 0 saturated carbocycles. The maximum Gasteiger partial charge on any atom is 0.242 e. The van der Waals surface area contributed by atoms with Crippen LogP contribution < -0.4 is 9.47 Å². The van der Waals surface area contributed by atoms with E-state index >= 15 is 0 Å². The third-order valence-electron chi connectivity index (χ3n) is 4.90. The number of benzene rings is 1. The van der Waals surface area contributed by atoms with Gasteiger partial charge in [-0.05, 0) is 43.0 Å². The monoisotopic (exact) mass is 348 g/mol. The Kier molecular flexibility index (Phi) is 6.28. The Morgan fingerprint density at radius 1 is 1.20 bits per heavy atom. The van der Waals surface area contributed by atoms with Crippen LogP contribution in [0.5, 0.6) is 11.5 Å². The first kappa shape index (κ1) is 19.1. The topological polar surface area (TPSA) is 59.1 Å². The summed E-state index contributed by atoms with van der Waals surface area (Å²) in [5.41, 5.74) is 2.24. The van der Waals surface area contributed by atoms with E-state index in [4.69, 9.17) is 9.47 Å². The predicted octanol–water partition coefficient (Wildman–Crippen LogP) is 2.24. The van der Waals surface area contributed by atoms with Crippen molar-refractivity contribution in [1.82, 2.24) is 9.80 Å². The second-order valence-electron chi connectivity index (χ2n) is 6.45. The van der Waals surface area contributed by atoms with Crippen molar-refractivity contribution in [2.45, 2.75) is 46.2 Å². The summed E-state index contributed by atoms with van der Waals surface area (Å²) in [6.07, 6.45) is 1.59. The molecule has 2 amide bonds. The molecule has 2 rings (SSSR count). The fourth-order valence-corrected chi connectivity index (χ4v) is 3.14. The van der Waals surface area contributed by atoms with E-state index in [2.05, 4.69) is 0 Å². The minimum atomic E-state index is -0.0634. The zero-order valence-electron chi connectivity index (χ0n) is 15.8. The van der Waals surface area contributed by atoms with Crippen LogP contribution in [0.4, 0.5) is 0 Å². The number of rotatable bonds is 6. The van der Waals surface area contributed by atoms with Crippen LogP contribution in [-0.4, -0.2) is 55.0 Å². The number of ether oxygens (including phenoxy) is 2. The van der Waals surface area contributed by atoms with Crippen LogP contribution >= 0.6 is 0 Å². The molecule has 1 heterocycles. The predicted molar refractivity (Wildman–Crippen MR) is 95.8 cm³/mol. The highest BCUT2D eigenvalue weighted by atomic mass is 16.5. The van der Waals surface area contributed by atoms with Gasteiger partial charge in [0, 0.05) is 26.1 Å². The lowest BCUT2D eigenvalue weighted by Gasteiger charge is -2.33. The third-order valence-corrected chi connectivity index (χ3v) is 4.90. The van der Waals surface area contributed by atoms with Gasteiger partial charge in [-0.25, -0.2) is 0 Å². The van der Waals surface area contributed by atoms with Crippen molar-refractivity contribution >= 4 is 11.8 Å². The molecular formula is C19H28N2O4. The maximum absolute atomic E-state index is 12.7. The van der Waals surface area contributed by atoms with Gasteiger partial charge in [0.2, 0.25) is 11.8 Å². The number of amides is 2. The maximum atomic E-state index is 12.7. The molecule has 6 nitrogen and oxygen atoms in total. The molecule has 138 valence electrons. The highest BCUT2D eigenvalue weighted by Crippen LogP contribution is 2.33. The third kappa shape index (κ3) is 4.24. The van der Waals surface area contributed by atoms with Crippen LogP contribution in [0.2, 0.25) is 0 Å². The van der Waals surface area contributed by atoms with Crippen LogP contribution in [0.1, 0.15) is 38.3 Å². The van der Waals surface area contributed by atoms with Gasteiger partial charge < -0.3 is 19.3 Å². The molecule has 1 aromatic carbocycles. The van der Waals surface area contributed by atoms with Crippen LogP contribution in [0.25, 0.3) is 0 Å². The second-order valence-corrected chi connectivity index (χ2v) is 6.45. The van der Waals surface area contributed by atoms with E-state index in [0.29, 0.717) is 24.6 Å².